The highest BCUT2D eigenvalue weighted by Crippen LogP contribution is 2.22. The molecule has 1 aromatic heterocycles. The van der Waals surface area contributed by atoms with Crippen LogP contribution < -0.4 is 5.69 Å². The molecule has 0 fully saturated rings. The van der Waals surface area contributed by atoms with Crippen LogP contribution in [0.5, 0.6) is 5.75 Å². The smallest absolute Gasteiger partial charge is 0.368 e. The van der Waals surface area contributed by atoms with Gasteiger partial charge in [-0.05, 0) is 29.0 Å². The monoisotopic (exact) mass is 206 g/mol. The zero-order valence-electron chi connectivity index (χ0n) is 8.38. The Hall–Kier alpha value is -2.11. The number of aromatic hydroxyl groups is 1. The topological polar surface area (TPSA) is 72.9 Å². The van der Waals surface area contributed by atoms with Crippen LogP contribution in [0.25, 0.3) is 5.69 Å². The Kier molecular flexibility index (Phi) is 2.03. The number of hydrogen-bond acceptors (Lipinski definition) is 4. The molecule has 78 valence electrons. The van der Waals surface area contributed by atoms with Crippen LogP contribution >= 0.6 is 0 Å². The molecule has 0 atom stereocenters. The molecule has 15 heavy (non-hydrogen) atoms. The third kappa shape index (κ3) is 1.39. The molecule has 6 heteroatoms. The van der Waals surface area contributed by atoms with Gasteiger partial charge in [0.25, 0.3) is 0 Å². The molecule has 0 aliphatic rings. The number of aromatic nitrogens is 4. The second-order valence-electron chi connectivity index (χ2n) is 3.24. The number of phenolic OH excluding ortho intramolecular Hbond substituents is 1. The van der Waals surface area contributed by atoms with Crippen molar-refractivity contribution in [1.82, 2.24) is 19.8 Å². The van der Waals surface area contributed by atoms with Gasteiger partial charge in [0, 0.05) is 7.05 Å². The second kappa shape index (κ2) is 3.23. The summed E-state index contributed by atoms with van der Waals surface area (Å²) in [7, 11) is 1.50. The highest BCUT2D eigenvalue weighted by Gasteiger charge is 2.11. The first kappa shape index (κ1) is 9.45. The molecule has 0 aliphatic heterocycles. The molecule has 2 rings (SSSR count). The average molecular weight is 206 g/mol. The Bertz CT molecular complexity index is 555. The maximum atomic E-state index is 11.5. The third-order valence-electron chi connectivity index (χ3n) is 2.17. The molecule has 1 N–H and O–H groups in total. The van der Waals surface area contributed by atoms with Gasteiger partial charge < -0.3 is 5.11 Å². The molecule has 6 nitrogen and oxygen atoms in total. The van der Waals surface area contributed by atoms with E-state index in [1.165, 1.54) is 7.05 Å². The SMILES string of the molecule is Cc1cccc(-n2nnn(C)c2=O)c1O. The summed E-state index contributed by atoms with van der Waals surface area (Å²) in [6, 6.07) is 5.10. The average Bonchev–Trinajstić information content (AvgIpc) is 2.53. The van der Waals surface area contributed by atoms with Gasteiger partial charge in [0.1, 0.15) is 11.4 Å². The van der Waals surface area contributed by atoms with E-state index in [0.29, 0.717) is 11.3 Å². The van der Waals surface area contributed by atoms with Crippen molar-refractivity contribution in [1.29, 1.82) is 0 Å². The van der Waals surface area contributed by atoms with Crippen LogP contribution in [0.3, 0.4) is 0 Å². The van der Waals surface area contributed by atoms with Crippen molar-refractivity contribution in [3.63, 3.8) is 0 Å². The van der Waals surface area contributed by atoms with E-state index < -0.39 is 5.69 Å². The standard InChI is InChI=1S/C9H10N4O2/c1-6-4-3-5-7(8(6)14)13-9(15)12(2)10-11-13/h3-5,14H,1-2H3. The molecule has 2 aromatic rings. The summed E-state index contributed by atoms with van der Waals surface area (Å²) >= 11 is 0. The van der Waals surface area contributed by atoms with Crippen molar-refractivity contribution in [2.75, 3.05) is 0 Å². The number of hydrogen-bond donors (Lipinski definition) is 1. The molecule has 0 radical (unpaired) electrons. The number of tetrazole rings is 1. The Balaban J connectivity index is 2.70. The molecule has 0 saturated carbocycles. The maximum Gasteiger partial charge on any atom is 0.368 e. The fourth-order valence-electron chi connectivity index (χ4n) is 1.28. The van der Waals surface area contributed by atoms with E-state index in [0.717, 1.165) is 9.36 Å². The zero-order chi connectivity index (χ0) is 11.0. The predicted molar refractivity (Wildman–Crippen MR) is 53.0 cm³/mol. The van der Waals surface area contributed by atoms with Gasteiger partial charge in [-0.25, -0.2) is 4.79 Å². The zero-order valence-corrected chi connectivity index (χ0v) is 8.38. The summed E-state index contributed by atoms with van der Waals surface area (Å²) in [6.45, 7) is 1.75. The lowest BCUT2D eigenvalue weighted by molar-refractivity contribution is 0.465. The van der Waals surface area contributed by atoms with Gasteiger partial charge in [-0.15, -0.1) is 0 Å². The van der Waals surface area contributed by atoms with E-state index in [2.05, 4.69) is 10.4 Å². The van der Waals surface area contributed by atoms with E-state index in [1.54, 1.807) is 25.1 Å². The van der Waals surface area contributed by atoms with Crippen molar-refractivity contribution >= 4 is 0 Å². The Morgan fingerprint density at radius 3 is 2.67 bits per heavy atom. The molecular formula is C9H10N4O2. The van der Waals surface area contributed by atoms with Crippen molar-refractivity contribution < 1.29 is 5.11 Å². The van der Waals surface area contributed by atoms with E-state index in [4.69, 9.17) is 0 Å². The van der Waals surface area contributed by atoms with Crippen LogP contribution in [0.2, 0.25) is 0 Å². The third-order valence-corrected chi connectivity index (χ3v) is 2.17. The first-order chi connectivity index (χ1) is 7.11. The van der Waals surface area contributed by atoms with E-state index >= 15 is 0 Å². The number of rotatable bonds is 1. The maximum absolute atomic E-state index is 11.5. The van der Waals surface area contributed by atoms with Gasteiger partial charge in [0.05, 0.1) is 0 Å². The van der Waals surface area contributed by atoms with E-state index in [-0.39, 0.29) is 5.75 Å². The Morgan fingerprint density at radius 1 is 1.33 bits per heavy atom. The van der Waals surface area contributed by atoms with Crippen LogP contribution in [0.4, 0.5) is 0 Å². The Labute approximate surface area is 85.4 Å². The van der Waals surface area contributed by atoms with Gasteiger partial charge in [-0.3, -0.25) is 0 Å². The summed E-state index contributed by atoms with van der Waals surface area (Å²) in [6.07, 6.45) is 0. The van der Waals surface area contributed by atoms with Crippen molar-refractivity contribution in [3.8, 4) is 11.4 Å². The lowest BCUT2D eigenvalue weighted by Gasteiger charge is -2.03. The minimum absolute atomic E-state index is 0.0418. The Morgan fingerprint density at radius 2 is 2.07 bits per heavy atom. The molecule has 1 heterocycles. The summed E-state index contributed by atoms with van der Waals surface area (Å²) in [5.74, 6) is 0.0418. The van der Waals surface area contributed by atoms with Crippen LogP contribution in [0.1, 0.15) is 5.56 Å². The minimum atomic E-state index is -0.393. The molecular weight excluding hydrogens is 196 g/mol. The predicted octanol–water partition coefficient (Wildman–Crippen LogP) is -0.0200. The fraction of sp³-hybridized carbons (Fsp3) is 0.222. The lowest BCUT2D eigenvalue weighted by atomic mass is 10.2. The lowest BCUT2D eigenvalue weighted by Crippen LogP contribution is -2.22. The van der Waals surface area contributed by atoms with Gasteiger partial charge in [-0.1, -0.05) is 12.1 Å². The van der Waals surface area contributed by atoms with Gasteiger partial charge in [0.2, 0.25) is 0 Å². The first-order valence-corrected chi connectivity index (χ1v) is 4.39. The van der Waals surface area contributed by atoms with Crippen molar-refractivity contribution in [2.24, 2.45) is 7.05 Å². The summed E-state index contributed by atoms with van der Waals surface area (Å²) in [5, 5.41) is 17.0. The quantitative estimate of drug-likeness (QED) is 0.711. The molecule has 0 saturated heterocycles. The molecule has 1 aromatic carbocycles. The van der Waals surface area contributed by atoms with E-state index in [9.17, 15) is 9.90 Å². The largest absolute Gasteiger partial charge is 0.505 e. The normalized spacial score (nSPS) is 10.5. The van der Waals surface area contributed by atoms with Crippen LogP contribution in [0, 0.1) is 6.92 Å². The number of phenols is 1. The molecule has 0 bridgehead atoms. The summed E-state index contributed by atoms with van der Waals surface area (Å²) in [5.41, 5.74) is 0.633. The van der Waals surface area contributed by atoms with Crippen LogP contribution in [-0.2, 0) is 7.05 Å². The van der Waals surface area contributed by atoms with Crippen LogP contribution in [0.15, 0.2) is 23.0 Å². The number of benzene rings is 1. The second-order valence-corrected chi connectivity index (χ2v) is 3.24. The number of aryl methyl sites for hydroxylation is 2. The molecule has 0 unspecified atom stereocenters. The highest BCUT2D eigenvalue weighted by molar-refractivity contribution is 5.49. The fourth-order valence-corrected chi connectivity index (χ4v) is 1.28. The van der Waals surface area contributed by atoms with Gasteiger partial charge in [0.15, 0.2) is 0 Å². The highest BCUT2D eigenvalue weighted by atomic mass is 16.3. The van der Waals surface area contributed by atoms with Crippen LogP contribution in [-0.4, -0.2) is 24.9 Å². The summed E-state index contributed by atoms with van der Waals surface area (Å²) < 4.78 is 2.16. The molecule has 0 aliphatic carbocycles. The number of para-hydroxylation sites is 1. The summed E-state index contributed by atoms with van der Waals surface area (Å²) in [4.78, 5) is 11.5. The van der Waals surface area contributed by atoms with E-state index in [1.807, 2.05) is 0 Å². The first-order valence-electron chi connectivity index (χ1n) is 4.39. The molecule has 0 spiro atoms. The molecule has 0 amide bonds. The van der Waals surface area contributed by atoms with Crippen molar-refractivity contribution in [3.05, 3.63) is 34.2 Å². The minimum Gasteiger partial charge on any atom is -0.505 e. The van der Waals surface area contributed by atoms with Crippen molar-refractivity contribution in [2.45, 2.75) is 6.92 Å². The van der Waals surface area contributed by atoms with Gasteiger partial charge >= 0.3 is 5.69 Å². The van der Waals surface area contributed by atoms with Gasteiger partial charge in [-0.2, -0.15) is 9.36 Å². The number of nitrogens with zero attached hydrogens (tertiary/aromatic N) is 4.